The van der Waals surface area contributed by atoms with Crippen molar-refractivity contribution < 1.29 is 23.0 Å². The van der Waals surface area contributed by atoms with Crippen molar-refractivity contribution >= 4 is 40.3 Å². The topological polar surface area (TPSA) is 38.8 Å². The summed E-state index contributed by atoms with van der Waals surface area (Å²) in [6, 6.07) is 4.46. The van der Waals surface area contributed by atoms with Crippen molar-refractivity contribution in [2.45, 2.75) is 13.5 Å². The van der Waals surface area contributed by atoms with Crippen LogP contribution in [0.1, 0.15) is 12.5 Å². The Morgan fingerprint density at radius 3 is 2.68 bits per heavy atom. The average molecular weight is 345 g/mol. The van der Waals surface area contributed by atoms with Gasteiger partial charge in [-0.2, -0.15) is 8.78 Å². The van der Waals surface area contributed by atoms with E-state index in [9.17, 15) is 13.6 Å². The first-order valence-corrected chi connectivity index (χ1v) is 7.57. The zero-order valence-corrected chi connectivity index (χ0v) is 13.5. The fourth-order valence-electron chi connectivity index (χ4n) is 1.89. The number of halogens is 2. The lowest BCUT2D eigenvalue weighted by Crippen LogP contribution is -2.27. The maximum Gasteiger partial charge on any atom is 0.387 e. The average Bonchev–Trinajstić information content (AvgIpc) is 2.74. The van der Waals surface area contributed by atoms with Crippen molar-refractivity contribution in [1.29, 1.82) is 0 Å². The number of methoxy groups -OCH3 is 1. The summed E-state index contributed by atoms with van der Waals surface area (Å²) >= 11 is 6.33. The summed E-state index contributed by atoms with van der Waals surface area (Å²) in [6.45, 7) is -0.583. The van der Waals surface area contributed by atoms with Gasteiger partial charge in [0.1, 0.15) is 4.32 Å². The Balaban J connectivity index is 2.29. The quantitative estimate of drug-likeness (QED) is 0.603. The molecule has 1 aromatic rings. The molecule has 1 fully saturated rings. The van der Waals surface area contributed by atoms with E-state index in [1.807, 2.05) is 6.92 Å². The van der Waals surface area contributed by atoms with Gasteiger partial charge in [0, 0.05) is 6.54 Å². The number of alkyl halides is 2. The molecule has 1 aliphatic rings. The third-order valence-electron chi connectivity index (χ3n) is 2.89. The Kier molecular flexibility index (Phi) is 5.36. The number of amides is 1. The zero-order chi connectivity index (χ0) is 16.3. The fourth-order valence-corrected chi connectivity index (χ4v) is 3.28. The number of hydrogen-bond donors (Lipinski definition) is 0. The van der Waals surface area contributed by atoms with Gasteiger partial charge in [-0.3, -0.25) is 9.69 Å². The molecule has 0 radical (unpaired) electrons. The molecule has 0 aromatic heterocycles. The third-order valence-corrected chi connectivity index (χ3v) is 4.27. The number of nitrogens with zero attached hydrogens (tertiary/aromatic N) is 1. The number of hydrogen-bond acceptors (Lipinski definition) is 5. The highest BCUT2D eigenvalue weighted by Crippen LogP contribution is 2.34. The molecule has 1 aliphatic heterocycles. The second-order valence-corrected chi connectivity index (χ2v) is 5.89. The largest absolute Gasteiger partial charge is 0.493 e. The lowest BCUT2D eigenvalue weighted by molar-refractivity contribution is -0.121. The molecular weight excluding hydrogens is 332 g/mol. The first-order chi connectivity index (χ1) is 10.5. The van der Waals surface area contributed by atoms with Crippen LogP contribution in [0, 0.1) is 0 Å². The molecular formula is C14H13F2NO3S2. The second-order valence-electron chi connectivity index (χ2n) is 4.21. The van der Waals surface area contributed by atoms with Gasteiger partial charge in [0.2, 0.25) is 0 Å². The predicted molar refractivity (Wildman–Crippen MR) is 85.2 cm³/mol. The molecule has 0 atom stereocenters. The number of thioether (sulfide) groups is 1. The van der Waals surface area contributed by atoms with Crippen LogP contribution in [-0.2, 0) is 4.79 Å². The van der Waals surface area contributed by atoms with E-state index in [1.54, 1.807) is 12.1 Å². The summed E-state index contributed by atoms with van der Waals surface area (Å²) in [5.41, 5.74) is 0.634. The van der Waals surface area contributed by atoms with Crippen LogP contribution < -0.4 is 9.47 Å². The van der Waals surface area contributed by atoms with E-state index in [2.05, 4.69) is 4.74 Å². The number of benzene rings is 1. The van der Waals surface area contributed by atoms with Gasteiger partial charge in [0.05, 0.1) is 12.0 Å². The smallest absolute Gasteiger partial charge is 0.387 e. The normalized spacial score (nSPS) is 16.8. The number of likely N-dealkylation sites (N-methyl/N-ethyl adjacent to an activating group) is 1. The van der Waals surface area contributed by atoms with Crippen molar-refractivity contribution in [2.75, 3.05) is 13.7 Å². The van der Waals surface area contributed by atoms with E-state index in [1.165, 1.54) is 35.9 Å². The Morgan fingerprint density at radius 2 is 2.14 bits per heavy atom. The summed E-state index contributed by atoms with van der Waals surface area (Å²) in [6.07, 6.45) is 1.64. The molecule has 4 nitrogen and oxygen atoms in total. The van der Waals surface area contributed by atoms with E-state index in [0.29, 0.717) is 21.3 Å². The second kappa shape index (κ2) is 7.06. The van der Waals surface area contributed by atoms with Crippen LogP contribution in [0.25, 0.3) is 6.08 Å². The SMILES string of the molecule is CCN1C(=O)/C(=C/c2ccc(OC(F)F)c(OC)c2)SC1=S. The van der Waals surface area contributed by atoms with Crippen LogP contribution in [0.15, 0.2) is 23.1 Å². The van der Waals surface area contributed by atoms with Gasteiger partial charge in [-0.15, -0.1) is 0 Å². The maximum absolute atomic E-state index is 12.3. The number of rotatable bonds is 5. The summed E-state index contributed by atoms with van der Waals surface area (Å²) in [4.78, 5) is 14.1. The summed E-state index contributed by atoms with van der Waals surface area (Å²) < 4.78 is 34.5. The molecule has 1 aromatic carbocycles. The number of ether oxygens (including phenoxy) is 2. The minimum Gasteiger partial charge on any atom is -0.493 e. The molecule has 0 bridgehead atoms. The summed E-state index contributed by atoms with van der Waals surface area (Å²) in [5, 5.41) is 0. The minimum atomic E-state index is -2.93. The summed E-state index contributed by atoms with van der Waals surface area (Å²) in [7, 11) is 1.36. The number of carbonyl (C=O) groups excluding carboxylic acids is 1. The van der Waals surface area contributed by atoms with Crippen LogP contribution in [0.3, 0.4) is 0 Å². The highest BCUT2D eigenvalue weighted by Gasteiger charge is 2.30. The standard InChI is InChI=1S/C14H13F2NO3S2/c1-3-17-12(18)11(22-14(17)21)7-8-4-5-9(20-13(15)16)10(6-8)19-2/h4-7,13H,3H2,1-2H3/b11-7-. The van der Waals surface area contributed by atoms with Crippen molar-refractivity contribution in [3.63, 3.8) is 0 Å². The molecule has 22 heavy (non-hydrogen) atoms. The van der Waals surface area contributed by atoms with Crippen molar-refractivity contribution in [3.05, 3.63) is 28.7 Å². The highest BCUT2D eigenvalue weighted by atomic mass is 32.2. The van der Waals surface area contributed by atoms with Crippen molar-refractivity contribution in [2.24, 2.45) is 0 Å². The van der Waals surface area contributed by atoms with E-state index in [4.69, 9.17) is 17.0 Å². The molecule has 1 saturated heterocycles. The molecule has 0 unspecified atom stereocenters. The molecule has 0 aliphatic carbocycles. The Labute approximate surface area is 136 Å². The van der Waals surface area contributed by atoms with E-state index in [0.717, 1.165) is 0 Å². The molecule has 0 saturated carbocycles. The monoisotopic (exact) mass is 345 g/mol. The zero-order valence-electron chi connectivity index (χ0n) is 11.8. The first-order valence-electron chi connectivity index (χ1n) is 6.34. The molecule has 118 valence electrons. The summed E-state index contributed by atoms with van der Waals surface area (Å²) in [5.74, 6) is -0.0554. The van der Waals surface area contributed by atoms with Gasteiger partial charge < -0.3 is 9.47 Å². The van der Waals surface area contributed by atoms with Crippen LogP contribution in [-0.4, -0.2) is 35.4 Å². The van der Waals surface area contributed by atoms with E-state index >= 15 is 0 Å². The lowest BCUT2D eigenvalue weighted by atomic mass is 10.2. The van der Waals surface area contributed by atoms with Gasteiger partial charge in [-0.1, -0.05) is 30.0 Å². The molecule has 0 N–H and O–H groups in total. The van der Waals surface area contributed by atoms with Gasteiger partial charge in [0.25, 0.3) is 5.91 Å². The Hall–Kier alpha value is -1.67. The van der Waals surface area contributed by atoms with Gasteiger partial charge in [-0.05, 0) is 30.7 Å². The third kappa shape index (κ3) is 3.56. The van der Waals surface area contributed by atoms with E-state index < -0.39 is 6.61 Å². The van der Waals surface area contributed by atoms with Crippen molar-refractivity contribution in [1.82, 2.24) is 4.90 Å². The van der Waals surface area contributed by atoms with Crippen LogP contribution in [0.2, 0.25) is 0 Å². The molecule has 1 heterocycles. The maximum atomic E-state index is 12.3. The Morgan fingerprint density at radius 1 is 1.41 bits per heavy atom. The molecule has 1 amide bonds. The Bertz CT molecular complexity index is 635. The van der Waals surface area contributed by atoms with Gasteiger partial charge in [0.15, 0.2) is 11.5 Å². The highest BCUT2D eigenvalue weighted by molar-refractivity contribution is 8.26. The van der Waals surface area contributed by atoms with Crippen LogP contribution in [0.5, 0.6) is 11.5 Å². The minimum absolute atomic E-state index is 0.0595. The first kappa shape index (κ1) is 16.7. The fraction of sp³-hybridized carbons (Fsp3) is 0.286. The molecule has 0 spiro atoms. The van der Waals surface area contributed by atoms with Crippen molar-refractivity contribution in [3.8, 4) is 11.5 Å². The molecule has 2 rings (SSSR count). The van der Waals surface area contributed by atoms with Gasteiger partial charge >= 0.3 is 6.61 Å². The van der Waals surface area contributed by atoms with E-state index in [-0.39, 0.29) is 17.4 Å². The van der Waals surface area contributed by atoms with Crippen LogP contribution in [0.4, 0.5) is 8.78 Å². The predicted octanol–water partition coefficient (Wildman–Crippen LogP) is 3.52. The lowest BCUT2D eigenvalue weighted by Gasteiger charge is -2.10. The van der Waals surface area contributed by atoms with Crippen LogP contribution >= 0.6 is 24.0 Å². The number of carbonyl (C=O) groups is 1. The number of thiocarbonyl (C=S) groups is 1. The van der Waals surface area contributed by atoms with Gasteiger partial charge in [-0.25, -0.2) is 0 Å². The molecule has 8 heteroatoms.